The van der Waals surface area contributed by atoms with Gasteiger partial charge in [0.25, 0.3) is 5.91 Å². The normalized spacial score (nSPS) is 17.3. The minimum Gasteiger partial charge on any atom is -0.507 e. The van der Waals surface area contributed by atoms with Crippen molar-refractivity contribution < 1.29 is 43.7 Å². The largest absolute Gasteiger partial charge is 0.507 e. The Kier molecular flexibility index (Phi) is 18.9. The Bertz CT molecular complexity index is 1980. The molecule has 63 heavy (non-hydrogen) atoms. The van der Waals surface area contributed by atoms with Crippen molar-refractivity contribution in [3.05, 3.63) is 70.4 Å². The first-order valence-corrected chi connectivity index (χ1v) is 23.2. The second-order valence-corrected chi connectivity index (χ2v) is 18.6. The van der Waals surface area contributed by atoms with Crippen LogP contribution in [0.5, 0.6) is 5.75 Å². The van der Waals surface area contributed by atoms with Gasteiger partial charge in [-0.2, -0.15) is 0 Å². The van der Waals surface area contributed by atoms with Crippen molar-refractivity contribution in [2.24, 2.45) is 5.41 Å². The second kappa shape index (κ2) is 24.2. The maximum atomic E-state index is 13.9. The Morgan fingerprint density at radius 1 is 0.921 bits per heavy atom. The standard InChI is InChI=1S/C47H66N6O9S/c1-31-41(63-30-49-31)34-21-19-32(20-22-34)27-48-43(57)37-26-36(54)28-53(37)45(59)42(47(2,3)4)51-39(56)29-62-25-12-11-24-61-23-10-6-7-14-33-15-13-18-38(55)40(33)44(58)52-46(60)50-35-16-8-5-9-17-35/h13,15,18-22,30,35-37,42,54-55H,5-12,14,16-17,23-29H2,1-4H3,(H,48,57)(H,51,56)(H2,50,52,58,60)/t36-,37+,42-/m1/s1. The molecule has 0 unspecified atom stereocenters. The predicted molar refractivity (Wildman–Crippen MR) is 241 cm³/mol. The van der Waals surface area contributed by atoms with Crippen LogP contribution in [0.1, 0.15) is 119 Å². The first-order chi connectivity index (χ1) is 30.2. The summed E-state index contributed by atoms with van der Waals surface area (Å²) in [6.45, 7) is 8.93. The number of rotatable bonds is 21. The van der Waals surface area contributed by atoms with Crippen LogP contribution in [0.4, 0.5) is 4.79 Å². The van der Waals surface area contributed by atoms with Crippen LogP contribution in [-0.4, -0.2) is 107 Å². The molecular formula is C47H66N6O9S. The van der Waals surface area contributed by atoms with E-state index >= 15 is 0 Å². The molecule has 1 saturated heterocycles. The molecule has 2 heterocycles. The lowest BCUT2D eigenvalue weighted by molar-refractivity contribution is -0.144. The molecular weight excluding hydrogens is 825 g/mol. The zero-order valence-corrected chi connectivity index (χ0v) is 38.0. The van der Waals surface area contributed by atoms with Crippen molar-refractivity contribution in [3.63, 3.8) is 0 Å². The van der Waals surface area contributed by atoms with E-state index in [9.17, 15) is 34.2 Å². The van der Waals surface area contributed by atoms with Gasteiger partial charge in [0.15, 0.2) is 0 Å². The van der Waals surface area contributed by atoms with Gasteiger partial charge in [-0.15, -0.1) is 11.3 Å². The third-order valence-electron chi connectivity index (χ3n) is 11.5. The molecule has 16 heteroatoms. The molecule has 6 N–H and O–H groups in total. The minimum atomic E-state index is -0.948. The number of likely N-dealkylation sites (tertiary alicyclic amines) is 1. The van der Waals surface area contributed by atoms with Crippen LogP contribution in [0.15, 0.2) is 48.0 Å². The third kappa shape index (κ3) is 15.1. The summed E-state index contributed by atoms with van der Waals surface area (Å²) in [4.78, 5) is 72.4. The van der Waals surface area contributed by atoms with E-state index < -0.39 is 47.4 Å². The Balaban J connectivity index is 0.947. The van der Waals surface area contributed by atoms with Crippen molar-refractivity contribution in [2.75, 3.05) is 33.0 Å². The number of ether oxygens (including phenoxy) is 2. The number of hydrogen-bond donors (Lipinski definition) is 6. The number of β-amino-alcohol motifs (C(OH)–C–C–N with tert-alkyl or cyclic N) is 1. The van der Waals surface area contributed by atoms with E-state index in [1.54, 1.807) is 23.5 Å². The average Bonchev–Trinajstić information content (AvgIpc) is 3.87. The lowest BCUT2D eigenvalue weighted by atomic mass is 9.85. The van der Waals surface area contributed by atoms with Crippen LogP contribution < -0.4 is 21.3 Å². The van der Waals surface area contributed by atoms with Gasteiger partial charge in [0, 0.05) is 45.4 Å². The summed E-state index contributed by atoms with van der Waals surface area (Å²) in [5.41, 5.74) is 4.85. The fraction of sp³-hybridized carbons (Fsp3) is 0.574. The van der Waals surface area contributed by atoms with E-state index in [0.29, 0.717) is 38.2 Å². The fourth-order valence-electron chi connectivity index (χ4n) is 8.05. The van der Waals surface area contributed by atoms with Crippen LogP contribution in [0.3, 0.4) is 0 Å². The molecule has 344 valence electrons. The smallest absolute Gasteiger partial charge is 0.321 e. The Hall–Kier alpha value is -4.90. The highest BCUT2D eigenvalue weighted by molar-refractivity contribution is 7.13. The Morgan fingerprint density at radius 2 is 1.62 bits per heavy atom. The number of urea groups is 1. The summed E-state index contributed by atoms with van der Waals surface area (Å²) < 4.78 is 11.4. The van der Waals surface area contributed by atoms with Crippen LogP contribution >= 0.6 is 11.3 Å². The van der Waals surface area contributed by atoms with Gasteiger partial charge in [-0.1, -0.05) is 82.9 Å². The molecule has 3 aromatic rings. The number of aromatic hydroxyl groups is 1. The van der Waals surface area contributed by atoms with Gasteiger partial charge in [-0.05, 0) is 80.0 Å². The number of nitrogens with zero attached hydrogens (tertiary/aromatic N) is 2. The number of aryl methyl sites for hydroxylation is 2. The van der Waals surface area contributed by atoms with Crippen molar-refractivity contribution in [1.82, 2.24) is 31.2 Å². The highest BCUT2D eigenvalue weighted by Gasteiger charge is 2.44. The van der Waals surface area contributed by atoms with E-state index in [1.165, 1.54) is 11.0 Å². The van der Waals surface area contributed by atoms with E-state index in [2.05, 4.69) is 26.3 Å². The van der Waals surface area contributed by atoms with E-state index in [4.69, 9.17) is 9.47 Å². The number of aliphatic hydroxyl groups is 1. The van der Waals surface area contributed by atoms with Gasteiger partial charge in [0.2, 0.25) is 17.7 Å². The number of phenolic OH excluding ortho intramolecular Hbond substituents is 1. The number of phenols is 1. The molecule has 2 aliphatic rings. The summed E-state index contributed by atoms with van der Waals surface area (Å²) in [5, 5.41) is 32.0. The van der Waals surface area contributed by atoms with Crippen molar-refractivity contribution >= 4 is 41.0 Å². The number of hydrogen-bond acceptors (Lipinski definition) is 11. The lowest BCUT2D eigenvalue weighted by Gasteiger charge is -2.35. The number of aromatic nitrogens is 1. The van der Waals surface area contributed by atoms with Gasteiger partial charge >= 0.3 is 6.03 Å². The number of unbranched alkanes of at least 4 members (excludes halogenated alkanes) is 3. The number of amides is 6. The van der Waals surface area contributed by atoms with E-state index in [-0.39, 0.29) is 49.4 Å². The molecule has 0 spiro atoms. The average molecular weight is 891 g/mol. The van der Waals surface area contributed by atoms with E-state index in [1.807, 2.05) is 57.5 Å². The van der Waals surface area contributed by atoms with E-state index in [0.717, 1.165) is 79.5 Å². The van der Waals surface area contributed by atoms with Crippen molar-refractivity contribution in [3.8, 4) is 16.2 Å². The molecule has 15 nitrogen and oxygen atoms in total. The number of aliphatic hydroxyl groups excluding tert-OH is 1. The molecule has 6 amide bonds. The van der Waals surface area contributed by atoms with Gasteiger partial charge in [-0.25, -0.2) is 9.78 Å². The summed E-state index contributed by atoms with van der Waals surface area (Å²) >= 11 is 1.57. The van der Waals surface area contributed by atoms with Crippen LogP contribution in [0.25, 0.3) is 10.4 Å². The summed E-state index contributed by atoms with van der Waals surface area (Å²) in [5.74, 6) is -2.01. The number of nitrogens with one attached hydrogen (secondary N) is 4. The topological polar surface area (TPSA) is 209 Å². The molecule has 2 aromatic carbocycles. The molecule has 3 atom stereocenters. The number of imide groups is 1. The number of carbonyl (C=O) groups excluding carboxylic acids is 5. The number of thiazole rings is 1. The monoisotopic (exact) mass is 890 g/mol. The number of benzene rings is 2. The molecule has 0 radical (unpaired) electrons. The SMILES string of the molecule is Cc1ncsc1-c1ccc(CNC(=O)[C@@H]2C[C@@H](O)CN2C(=O)[C@@H](NC(=O)COCCCCOCCCCCc2cccc(O)c2C(=O)NC(=O)NC2CCCCC2)C(C)(C)C)cc1. The zero-order valence-electron chi connectivity index (χ0n) is 37.2. The van der Waals surface area contributed by atoms with Crippen molar-refractivity contribution in [1.29, 1.82) is 0 Å². The highest BCUT2D eigenvalue weighted by Crippen LogP contribution is 2.29. The summed E-state index contributed by atoms with van der Waals surface area (Å²) in [6, 6.07) is 10.5. The Labute approximate surface area is 375 Å². The molecule has 0 bridgehead atoms. The maximum absolute atomic E-state index is 13.9. The first-order valence-electron chi connectivity index (χ1n) is 22.3. The summed E-state index contributed by atoms with van der Waals surface area (Å²) in [7, 11) is 0. The molecule has 1 saturated carbocycles. The number of carbonyl (C=O) groups is 5. The highest BCUT2D eigenvalue weighted by atomic mass is 32.1. The van der Waals surface area contributed by atoms with Crippen LogP contribution in [-0.2, 0) is 36.8 Å². The van der Waals surface area contributed by atoms with Gasteiger partial charge in [0.05, 0.1) is 27.7 Å². The first kappa shape index (κ1) is 49.1. The summed E-state index contributed by atoms with van der Waals surface area (Å²) in [6.07, 6.45) is 8.75. The van der Waals surface area contributed by atoms with Crippen molar-refractivity contribution in [2.45, 2.75) is 136 Å². The molecule has 1 aliphatic heterocycles. The molecule has 2 fully saturated rings. The molecule has 1 aromatic heterocycles. The zero-order chi connectivity index (χ0) is 45.4. The Morgan fingerprint density at radius 3 is 2.30 bits per heavy atom. The van der Waals surface area contributed by atoms with Gasteiger partial charge < -0.3 is 40.5 Å². The van der Waals surface area contributed by atoms with Gasteiger partial charge in [-0.3, -0.25) is 24.5 Å². The quantitative estimate of drug-likeness (QED) is 0.0695. The van der Waals surface area contributed by atoms with Crippen LogP contribution in [0.2, 0.25) is 0 Å². The second-order valence-electron chi connectivity index (χ2n) is 17.7. The minimum absolute atomic E-state index is 0.0105. The maximum Gasteiger partial charge on any atom is 0.321 e. The lowest BCUT2D eigenvalue weighted by Crippen LogP contribution is -2.58. The third-order valence-corrected chi connectivity index (χ3v) is 12.5. The fourth-order valence-corrected chi connectivity index (χ4v) is 8.86. The molecule has 5 rings (SSSR count). The predicted octanol–water partition coefficient (Wildman–Crippen LogP) is 5.93. The van der Waals surface area contributed by atoms with Gasteiger partial charge in [0.1, 0.15) is 24.4 Å². The van der Waals surface area contributed by atoms with Crippen LogP contribution in [0, 0.1) is 12.3 Å². The molecule has 1 aliphatic carbocycles.